The Balaban J connectivity index is 2.06. The highest BCUT2D eigenvalue weighted by atomic mass is 35.5. The molecule has 1 fully saturated rings. The smallest absolute Gasteiger partial charge is 0.122 e. The molecule has 2 rings (SSSR count). The van der Waals surface area contributed by atoms with Crippen LogP contribution >= 0.6 is 11.6 Å². The number of anilines is 1. The van der Waals surface area contributed by atoms with Crippen molar-refractivity contribution in [3.8, 4) is 0 Å². The number of halogens is 1. The van der Waals surface area contributed by atoms with Crippen LogP contribution in [0.4, 0.5) is 5.69 Å². The Morgan fingerprint density at radius 1 is 1.58 bits per heavy atom. The third-order valence-corrected chi connectivity index (χ3v) is 3.99. The van der Waals surface area contributed by atoms with Gasteiger partial charge in [-0.25, -0.2) is 0 Å². The van der Waals surface area contributed by atoms with Gasteiger partial charge in [0.05, 0.1) is 10.7 Å². The summed E-state index contributed by atoms with van der Waals surface area (Å²) in [5, 5.41) is 8.07. The second kappa shape index (κ2) is 5.80. The molecule has 0 amide bonds. The number of hydrogen-bond donors (Lipinski definition) is 2. The van der Waals surface area contributed by atoms with Gasteiger partial charge in [0, 0.05) is 25.7 Å². The lowest BCUT2D eigenvalue weighted by Crippen LogP contribution is -2.27. The fourth-order valence-corrected chi connectivity index (χ4v) is 2.97. The number of nitrogens with one attached hydrogen (secondary N) is 1. The van der Waals surface area contributed by atoms with E-state index in [9.17, 15) is 0 Å². The van der Waals surface area contributed by atoms with Crippen molar-refractivity contribution in [2.75, 3.05) is 38.6 Å². The maximum atomic E-state index is 7.41. The van der Waals surface area contributed by atoms with E-state index in [2.05, 4.69) is 23.9 Å². The number of hydrogen-bond acceptors (Lipinski definition) is 3. The van der Waals surface area contributed by atoms with E-state index in [1.54, 1.807) is 6.07 Å². The van der Waals surface area contributed by atoms with E-state index in [4.69, 9.17) is 22.7 Å². The topological polar surface area (TPSA) is 56.4 Å². The zero-order valence-corrected chi connectivity index (χ0v) is 12.2. The van der Waals surface area contributed by atoms with Crippen molar-refractivity contribution < 1.29 is 0 Å². The number of nitrogen functional groups attached to an aromatic ring is 1. The van der Waals surface area contributed by atoms with Crippen molar-refractivity contribution in [2.45, 2.75) is 6.42 Å². The van der Waals surface area contributed by atoms with Crippen LogP contribution in [0.15, 0.2) is 18.2 Å². The molecule has 19 heavy (non-hydrogen) atoms. The Morgan fingerprint density at radius 3 is 2.84 bits per heavy atom. The lowest BCUT2D eigenvalue weighted by atomic mass is 10.1. The average Bonchev–Trinajstić information content (AvgIpc) is 2.74. The Bertz CT molecular complexity index is 475. The molecule has 0 saturated carbocycles. The minimum atomic E-state index is 0.0496. The summed E-state index contributed by atoms with van der Waals surface area (Å²) in [6.07, 6.45) is 1.24. The van der Waals surface area contributed by atoms with E-state index < -0.39 is 0 Å². The molecule has 1 heterocycles. The molecule has 1 saturated heterocycles. The summed E-state index contributed by atoms with van der Waals surface area (Å²) in [6.45, 7) is 3.33. The zero-order valence-electron chi connectivity index (χ0n) is 11.5. The summed E-state index contributed by atoms with van der Waals surface area (Å²) in [4.78, 5) is 4.55. The number of benzene rings is 1. The minimum Gasteiger partial charge on any atom is -0.384 e. The number of nitrogens with zero attached hydrogens (tertiary/aromatic N) is 2. The van der Waals surface area contributed by atoms with Crippen molar-refractivity contribution in [1.29, 1.82) is 5.41 Å². The van der Waals surface area contributed by atoms with Crippen LogP contribution in [0.25, 0.3) is 0 Å². The van der Waals surface area contributed by atoms with Gasteiger partial charge in [-0.3, -0.25) is 5.41 Å². The van der Waals surface area contributed by atoms with Crippen LogP contribution in [0.1, 0.15) is 12.0 Å². The summed E-state index contributed by atoms with van der Waals surface area (Å²) in [7, 11) is 4.22. The molecule has 1 aliphatic rings. The van der Waals surface area contributed by atoms with Crippen molar-refractivity contribution in [2.24, 2.45) is 11.7 Å². The molecule has 0 spiro atoms. The van der Waals surface area contributed by atoms with Gasteiger partial charge >= 0.3 is 0 Å². The quantitative estimate of drug-likeness (QED) is 0.655. The Kier molecular flexibility index (Phi) is 4.32. The average molecular weight is 281 g/mol. The Morgan fingerprint density at radius 2 is 2.32 bits per heavy atom. The summed E-state index contributed by atoms with van der Waals surface area (Å²) < 4.78 is 0. The van der Waals surface area contributed by atoms with E-state index in [-0.39, 0.29) is 5.84 Å². The van der Waals surface area contributed by atoms with Crippen LogP contribution in [0.3, 0.4) is 0 Å². The van der Waals surface area contributed by atoms with Crippen LogP contribution in [-0.4, -0.2) is 44.5 Å². The van der Waals surface area contributed by atoms with Crippen molar-refractivity contribution in [1.82, 2.24) is 4.90 Å². The lowest BCUT2D eigenvalue weighted by Gasteiger charge is -2.24. The molecular formula is C14H21ClN4. The predicted octanol–water partition coefficient (Wildman–Crippen LogP) is 2.01. The van der Waals surface area contributed by atoms with Crippen molar-refractivity contribution in [3.63, 3.8) is 0 Å². The summed E-state index contributed by atoms with van der Waals surface area (Å²) in [5.41, 5.74) is 7.13. The first-order chi connectivity index (χ1) is 8.97. The molecule has 0 bridgehead atoms. The number of nitrogens with two attached hydrogens (primary N) is 1. The number of likely N-dealkylation sites (tertiary alicyclic amines) is 1. The molecule has 5 heteroatoms. The number of rotatable bonds is 4. The molecule has 4 nitrogen and oxygen atoms in total. The molecule has 104 valence electrons. The third-order valence-electron chi connectivity index (χ3n) is 3.69. The van der Waals surface area contributed by atoms with E-state index in [0.717, 1.165) is 18.8 Å². The van der Waals surface area contributed by atoms with Gasteiger partial charge in [0.25, 0.3) is 0 Å². The van der Waals surface area contributed by atoms with Gasteiger partial charge in [-0.1, -0.05) is 11.6 Å². The monoisotopic (exact) mass is 280 g/mol. The van der Waals surface area contributed by atoms with Gasteiger partial charge in [-0.2, -0.15) is 0 Å². The summed E-state index contributed by atoms with van der Waals surface area (Å²) in [6, 6.07) is 5.55. The lowest BCUT2D eigenvalue weighted by molar-refractivity contribution is 0.396. The van der Waals surface area contributed by atoms with Crippen LogP contribution in [0, 0.1) is 11.3 Å². The fraction of sp³-hybridized carbons (Fsp3) is 0.500. The van der Waals surface area contributed by atoms with Crippen LogP contribution < -0.4 is 10.6 Å². The number of amidine groups is 1. The van der Waals surface area contributed by atoms with Gasteiger partial charge < -0.3 is 15.5 Å². The second-order valence-electron chi connectivity index (χ2n) is 5.38. The molecule has 1 aromatic carbocycles. The third kappa shape index (κ3) is 3.39. The molecular weight excluding hydrogens is 260 g/mol. The van der Waals surface area contributed by atoms with Crippen LogP contribution in [0.2, 0.25) is 5.02 Å². The normalized spacial score (nSPS) is 19.6. The second-order valence-corrected chi connectivity index (χ2v) is 5.78. The molecule has 1 atom stereocenters. The maximum absolute atomic E-state index is 7.41. The van der Waals surface area contributed by atoms with E-state index in [1.165, 1.54) is 13.0 Å². The first-order valence-corrected chi connectivity index (χ1v) is 6.89. The zero-order chi connectivity index (χ0) is 14.0. The standard InChI is InChI=1S/C14H21ClN4/c1-18-6-5-10(8-18)9-19(2)13-4-3-11(14(16)17)7-12(13)15/h3-4,7,10H,5-6,8-9H2,1-2H3,(H3,16,17). The SMILES string of the molecule is CN1CCC(CN(C)c2ccc(C(=N)N)cc2Cl)C1. The van der Waals surface area contributed by atoms with Crippen LogP contribution in [-0.2, 0) is 0 Å². The summed E-state index contributed by atoms with van der Waals surface area (Å²) in [5.74, 6) is 0.743. The molecule has 0 radical (unpaired) electrons. The largest absolute Gasteiger partial charge is 0.384 e. The maximum Gasteiger partial charge on any atom is 0.122 e. The molecule has 0 aromatic heterocycles. The Labute approximate surface area is 119 Å². The molecule has 1 aromatic rings. The van der Waals surface area contributed by atoms with E-state index in [0.29, 0.717) is 16.5 Å². The fourth-order valence-electron chi connectivity index (χ4n) is 2.64. The highest BCUT2D eigenvalue weighted by Gasteiger charge is 2.21. The highest BCUT2D eigenvalue weighted by Crippen LogP contribution is 2.27. The summed E-state index contributed by atoms with van der Waals surface area (Å²) >= 11 is 6.28. The van der Waals surface area contributed by atoms with E-state index in [1.807, 2.05) is 12.1 Å². The molecule has 3 N–H and O–H groups in total. The minimum absolute atomic E-state index is 0.0496. The first kappa shape index (κ1) is 14.2. The Hall–Kier alpha value is -1.26. The van der Waals surface area contributed by atoms with Gasteiger partial charge in [0.15, 0.2) is 0 Å². The predicted molar refractivity (Wildman–Crippen MR) is 81.3 cm³/mol. The van der Waals surface area contributed by atoms with Gasteiger partial charge in [0.1, 0.15) is 5.84 Å². The van der Waals surface area contributed by atoms with Crippen molar-refractivity contribution >= 4 is 23.1 Å². The van der Waals surface area contributed by atoms with Crippen LogP contribution in [0.5, 0.6) is 0 Å². The first-order valence-electron chi connectivity index (χ1n) is 6.51. The molecule has 1 unspecified atom stereocenters. The van der Waals surface area contributed by atoms with Gasteiger partial charge in [-0.05, 0) is 44.1 Å². The van der Waals surface area contributed by atoms with Crippen molar-refractivity contribution in [3.05, 3.63) is 28.8 Å². The molecule has 1 aliphatic heterocycles. The van der Waals surface area contributed by atoms with E-state index >= 15 is 0 Å². The van der Waals surface area contributed by atoms with Gasteiger partial charge in [0.2, 0.25) is 0 Å². The highest BCUT2D eigenvalue weighted by molar-refractivity contribution is 6.33. The molecule has 0 aliphatic carbocycles. The van der Waals surface area contributed by atoms with Gasteiger partial charge in [-0.15, -0.1) is 0 Å².